The fourth-order valence-corrected chi connectivity index (χ4v) is 1.96. The molecular weight excluding hydrogens is 285 g/mol. The number of aromatic nitrogens is 2. The van der Waals surface area contributed by atoms with Crippen molar-refractivity contribution in [1.82, 2.24) is 15.1 Å². The molecule has 1 aromatic heterocycles. The Kier molecular flexibility index (Phi) is 5.14. The zero-order valence-electron chi connectivity index (χ0n) is 13.0. The molecule has 0 saturated heterocycles. The van der Waals surface area contributed by atoms with E-state index in [1.807, 2.05) is 13.8 Å². The lowest BCUT2D eigenvalue weighted by molar-refractivity contribution is 0.0919. The standard InChI is InChI=1S/C16H20FN3O2/c1-4-12(22-15-8-6-5-7-13(15)17)10-18-16(21)14-9-11(2)20(3)19-14/h5-9,12H,4,10H2,1-3H3,(H,18,21). The third kappa shape index (κ3) is 3.84. The average Bonchev–Trinajstić information content (AvgIpc) is 2.84. The highest BCUT2D eigenvalue weighted by Gasteiger charge is 2.15. The first-order valence-electron chi connectivity index (χ1n) is 7.21. The van der Waals surface area contributed by atoms with E-state index in [-0.39, 0.29) is 17.8 Å². The molecule has 0 bridgehead atoms. The maximum Gasteiger partial charge on any atom is 0.271 e. The summed E-state index contributed by atoms with van der Waals surface area (Å²) in [5.41, 5.74) is 1.26. The van der Waals surface area contributed by atoms with Crippen molar-refractivity contribution in [2.75, 3.05) is 6.54 Å². The maximum absolute atomic E-state index is 13.6. The molecule has 1 aromatic carbocycles. The lowest BCUT2D eigenvalue weighted by Gasteiger charge is -2.18. The molecule has 0 fully saturated rings. The number of ether oxygens (including phenoxy) is 1. The van der Waals surface area contributed by atoms with Gasteiger partial charge in [-0.3, -0.25) is 9.48 Å². The third-order valence-electron chi connectivity index (χ3n) is 3.42. The minimum Gasteiger partial charge on any atom is -0.486 e. The van der Waals surface area contributed by atoms with Gasteiger partial charge >= 0.3 is 0 Å². The predicted octanol–water partition coefficient (Wildman–Crippen LogP) is 2.46. The highest BCUT2D eigenvalue weighted by molar-refractivity contribution is 5.92. The van der Waals surface area contributed by atoms with E-state index in [4.69, 9.17) is 4.74 Å². The number of benzene rings is 1. The molecular formula is C16H20FN3O2. The monoisotopic (exact) mass is 305 g/mol. The number of para-hydroxylation sites is 1. The molecule has 2 aromatic rings. The van der Waals surface area contributed by atoms with Gasteiger partial charge in [0.05, 0.1) is 6.54 Å². The number of amides is 1. The van der Waals surface area contributed by atoms with Gasteiger partial charge in [0.2, 0.25) is 0 Å². The normalized spacial score (nSPS) is 12.0. The van der Waals surface area contributed by atoms with E-state index in [0.29, 0.717) is 18.7 Å². The molecule has 1 heterocycles. The van der Waals surface area contributed by atoms with Crippen molar-refractivity contribution >= 4 is 5.91 Å². The molecule has 0 aliphatic heterocycles. The van der Waals surface area contributed by atoms with Gasteiger partial charge in [-0.15, -0.1) is 0 Å². The smallest absolute Gasteiger partial charge is 0.271 e. The minimum atomic E-state index is -0.410. The van der Waals surface area contributed by atoms with Crippen LogP contribution in [0.4, 0.5) is 4.39 Å². The Balaban J connectivity index is 1.93. The van der Waals surface area contributed by atoms with Crippen LogP contribution in [-0.4, -0.2) is 28.3 Å². The van der Waals surface area contributed by atoms with Gasteiger partial charge in [0.25, 0.3) is 5.91 Å². The molecule has 2 rings (SSSR count). The Morgan fingerprint density at radius 2 is 2.18 bits per heavy atom. The second-order valence-corrected chi connectivity index (χ2v) is 5.08. The van der Waals surface area contributed by atoms with Crippen LogP contribution in [0.3, 0.4) is 0 Å². The van der Waals surface area contributed by atoms with Crippen molar-refractivity contribution in [3.05, 3.63) is 47.5 Å². The zero-order chi connectivity index (χ0) is 16.1. The van der Waals surface area contributed by atoms with Crippen LogP contribution < -0.4 is 10.1 Å². The molecule has 0 spiro atoms. The van der Waals surface area contributed by atoms with Crippen LogP contribution in [0.2, 0.25) is 0 Å². The first-order valence-corrected chi connectivity index (χ1v) is 7.21. The van der Waals surface area contributed by atoms with E-state index in [2.05, 4.69) is 10.4 Å². The Bertz CT molecular complexity index is 635. The molecule has 1 unspecified atom stereocenters. The molecule has 0 aliphatic rings. The molecule has 0 radical (unpaired) electrons. The van der Waals surface area contributed by atoms with Gasteiger partial charge in [-0.2, -0.15) is 5.10 Å². The van der Waals surface area contributed by atoms with E-state index in [1.165, 1.54) is 6.07 Å². The molecule has 22 heavy (non-hydrogen) atoms. The van der Waals surface area contributed by atoms with Crippen LogP contribution in [0.25, 0.3) is 0 Å². The van der Waals surface area contributed by atoms with Crippen molar-refractivity contribution < 1.29 is 13.9 Å². The van der Waals surface area contributed by atoms with Gasteiger partial charge in [-0.1, -0.05) is 19.1 Å². The lowest BCUT2D eigenvalue weighted by Crippen LogP contribution is -2.35. The van der Waals surface area contributed by atoms with Gasteiger partial charge in [0.1, 0.15) is 11.8 Å². The summed E-state index contributed by atoms with van der Waals surface area (Å²) in [7, 11) is 1.78. The molecule has 1 N–H and O–H groups in total. The number of carbonyl (C=O) groups excluding carboxylic acids is 1. The first-order chi connectivity index (χ1) is 10.5. The highest BCUT2D eigenvalue weighted by atomic mass is 19.1. The van der Waals surface area contributed by atoms with Crippen LogP contribution in [-0.2, 0) is 7.05 Å². The van der Waals surface area contributed by atoms with Crippen LogP contribution in [0.1, 0.15) is 29.5 Å². The van der Waals surface area contributed by atoms with E-state index in [0.717, 1.165) is 5.69 Å². The molecule has 1 atom stereocenters. The van der Waals surface area contributed by atoms with Crippen molar-refractivity contribution in [1.29, 1.82) is 0 Å². The van der Waals surface area contributed by atoms with Crippen molar-refractivity contribution in [2.24, 2.45) is 7.05 Å². The topological polar surface area (TPSA) is 56.2 Å². The summed E-state index contributed by atoms with van der Waals surface area (Å²) in [6, 6.07) is 7.95. The summed E-state index contributed by atoms with van der Waals surface area (Å²) < 4.78 is 20.8. The Morgan fingerprint density at radius 3 is 2.77 bits per heavy atom. The summed E-state index contributed by atoms with van der Waals surface area (Å²) in [5.74, 6) is -0.482. The van der Waals surface area contributed by atoms with E-state index >= 15 is 0 Å². The Hall–Kier alpha value is -2.37. The SMILES string of the molecule is CCC(CNC(=O)c1cc(C)n(C)n1)Oc1ccccc1F. The number of nitrogens with zero attached hydrogens (tertiary/aromatic N) is 2. The van der Waals surface area contributed by atoms with Crippen molar-refractivity contribution in [2.45, 2.75) is 26.4 Å². The average molecular weight is 305 g/mol. The summed E-state index contributed by atoms with van der Waals surface area (Å²) in [4.78, 5) is 12.0. The fraction of sp³-hybridized carbons (Fsp3) is 0.375. The van der Waals surface area contributed by atoms with Gasteiger partial charge in [0, 0.05) is 12.7 Å². The van der Waals surface area contributed by atoms with E-state index in [9.17, 15) is 9.18 Å². The van der Waals surface area contributed by atoms with Crippen LogP contribution >= 0.6 is 0 Å². The van der Waals surface area contributed by atoms with Crippen molar-refractivity contribution in [3.63, 3.8) is 0 Å². The lowest BCUT2D eigenvalue weighted by atomic mass is 10.2. The summed E-state index contributed by atoms with van der Waals surface area (Å²) >= 11 is 0. The van der Waals surface area contributed by atoms with Crippen LogP contribution in [0.5, 0.6) is 5.75 Å². The summed E-state index contributed by atoms with van der Waals surface area (Å²) in [6.45, 7) is 4.09. The highest BCUT2D eigenvalue weighted by Crippen LogP contribution is 2.17. The second kappa shape index (κ2) is 7.06. The quantitative estimate of drug-likeness (QED) is 0.892. The molecule has 6 heteroatoms. The van der Waals surface area contributed by atoms with Gasteiger partial charge in [0.15, 0.2) is 11.6 Å². The van der Waals surface area contributed by atoms with Gasteiger partial charge < -0.3 is 10.1 Å². The van der Waals surface area contributed by atoms with Crippen molar-refractivity contribution in [3.8, 4) is 5.75 Å². The number of carbonyl (C=O) groups is 1. The maximum atomic E-state index is 13.6. The Morgan fingerprint density at radius 1 is 1.45 bits per heavy atom. The minimum absolute atomic E-state index is 0.192. The Labute approximate surface area is 129 Å². The number of hydrogen-bond donors (Lipinski definition) is 1. The summed E-state index contributed by atoms with van der Waals surface area (Å²) in [6.07, 6.45) is 0.348. The number of aryl methyl sites for hydroxylation is 2. The molecule has 5 nitrogen and oxygen atoms in total. The molecule has 1 amide bonds. The number of hydrogen-bond acceptors (Lipinski definition) is 3. The zero-order valence-corrected chi connectivity index (χ0v) is 13.0. The summed E-state index contributed by atoms with van der Waals surface area (Å²) in [5, 5.41) is 6.88. The first kappa shape index (κ1) is 16.0. The number of rotatable bonds is 6. The van der Waals surface area contributed by atoms with Gasteiger partial charge in [-0.05, 0) is 31.5 Å². The van der Waals surface area contributed by atoms with Crippen LogP contribution in [0, 0.1) is 12.7 Å². The number of halogens is 1. The predicted molar refractivity (Wildman–Crippen MR) is 81.4 cm³/mol. The van der Waals surface area contributed by atoms with E-state index in [1.54, 1.807) is 36.0 Å². The van der Waals surface area contributed by atoms with Crippen LogP contribution in [0.15, 0.2) is 30.3 Å². The number of nitrogens with one attached hydrogen (secondary N) is 1. The second-order valence-electron chi connectivity index (χ2n) is 5.08. The van der Waals surface area contributed by atoms with E-state index < -0.39 is 5.82 Å². The molecule has 118 valence electrons. The largest absolute Gasteiger partial charge is 0.486 e. The molecule has 0 aliphatic carbocycles. The molecule has 0 saturated carbocycles. The van der Waals surface area contributed by atoms with Gasteiger partial charge in [-0.25, -0.2) is 4.39 Å². The fourth-order valence-electron chi connectivity index (χ4n) is 1.96. The third-order valence-corrected chi connectivity index (χ3v) is 3.42.